The summed E-state index contributed by atoms with van der Waals surface area (Å²) in [7, 11) is 4.05. The predicted molar refractivity (Wildman–Crippen MR) is 78.4 cm³/mol. The van der Waals surface area contributed by atoms with Gasteiger partial charge >= 0.3 is 0 Å². The summed E-state index contributed by atoms with van der Waals surface area (Å²) >= 11 is 0. The van der Waals surface area contributed by atoms with Gasteiger partial charge in [0, 0.05) is 12.6 Å². The van der Waals surface area contributed by atoms with E-state index in [4.69, 9.17) is 5.73 Å². The molecule has 1 aromatic carbocycles. The molecule has 6 nitrogen and oxygen atoms in total. The van der Waals surface area contributed by atoms with E-state index in [1.54, 1.807) is 6.07 Å². The fourth-order valence-corrected chi connectivity index (χ4v) is 1.73. The maximum absolute atomic E-state index is 11.6. The number of hydrogen-bond acceptors (Lipinski definition) is 5. The van der Waals surface area contributed by atoms with Gasteiger partial charge in [0.1, 0.15) is 0 Å². The van der Waals surface area contributed by atoms with Gasteiger partial charge in [-0.05, 0) is 33.2 Å². The van der Waals surface area contributed by atoms with Crippen LogP contribution < -0.4 is 16.6 Å². The standard InChI is InChI=1S/C13H19N5O/c1-8(18(2)3)6-15-12-5-11-9(4-10(12)14)13(19)17-7-16-11/h4-5,7-8,15H,6,14H2,1-3H3,(H,16,17,19). The number of rotatable bonds is 4. The van der Waals surface area contributed by atoms with Crippen molar-refractivity contribution in [1.82, 2.24) is 14.9 Å². The molecule has 2 aromatic rings. The summed E-state index contributed by atoms with van der Waals surface area (Å²) < 4.78 is 0. The number of H-pyrrole nitrogens is 1. The lowest BCUT2D eigenvalue weighted by atomic mass is 10.2. The lowest BCUT2D eigenvalue weighted by molar-refractivity contribution is 0.326. The van der Waals surface area contributed by atoms with Crippen molar-refractivity contribution in [2.24, 2.45) is 0 Å². The van der Waals surface area contributed by atoms with Crippen molar-refractivity contribution in [3.63, 3.8) is 0 Å². The van der Waals surface area contributed by atoms with Gasteiger partial charge in [0.25, 0.3) is 5.56 Å². The number of benzene rings is 1. The van der Waals surface area contributed by atoms with E-state index in [-0.39, 0.29) is 5.56 Å². The van der Waals surface area contributed by atoms with Crippen molar-refractivity contribution >= 4 is 22.3 Å². The number of fused-ring (bicyclic) bond motifs is 1. The average molecular weight is 261 g/mol. The number of likely N-dealkylation sites (N-methyl/N-ethyl adjacent to an activating group) is 1. The zero-order valence-corrected chi connectivity index (χ0v) is 11.4. The van der Waals surface area contributed by atoms with Gasteiger partial charge in [0.05, 0.1) is 28.6 Å². The molecule has 1 unspecified atom stereocenters. The van der Waals surface area contributed by atoms with Crippen molar-refractivity contribution in [1.29, 1.82) is 0 Å². The minimum atomic E-state index is -0.176. The number of anilines is 2. The first kappa shape index (κ1) is 13.4. The molecule has 0 spiro atoms. The summed E-state index contributed by atoms with van der Waals surface area (Å²) in [6.45, 7) is 2.89. The first-order valence-electron chi connectivity index (χ1n) is 6.16. The van der Waals surface area contributed by atoms with Crippen LogP contribution in [0.15, 0.2) is 23.3 Å². The van der Waals surface area contributed by atoms with Crippen LogP contribution in [-0.4, -0.2) is 41.5 Å². The van der Waals surface area contributed by atoms with E-state index in [9.17, 15) is 4.79 Å². The number of nitrogens with zero attached hydrogens (tertiary/aromatic N) is 2. The van der Waals surface area contributed by atoms with E-state index in [0.29, 0.717) is 22.6 Å². The molecule has 4 N–H and O–H groups in total. The lowest BCUT2D eigenvalue weighted by Crippen LogP contribution is -2.31. The number of nitrogen functional groups attached to an aromatic ring is 1. The SMILES string of the molecule is CC(CNc1cc2nc[nH]c(=O)c2cc1N)N(C)C. The molecule has 0 saturated carbocycles. The van der Waals surface area contributed by atoms with Crippen molar-refractivity contribution in [2.45, 2.75) is 13.0 Å². The molecule has 1 atom stereocenters. The highest BCUT2D eigenvalue weighted by atomic mass is 16.1. The fourth-order valence-electron chi connectivity index (χ4n) is 1.73. The highest BCUT2D eigenvalue weighted by Gasteiger charge is 2.08. The third-order valence-corrected chi connectivity index (χ3v) is 3.28. The molecule has 0 saturated heterocycles. The van der Waals surface area contributed by atoms with Crippen LogP contribution >= 0.6 is 0 Å². The van der Waals surface area contributed by atoms with Crippen molar-refractivity contribution < 1.29 is 0 Å². The van der Waals surface area contributed by atoms with Gasteiger partial charge < -0.3 is 20.9 Å². The Morgan fingerprint density at radius 3 is 2.89 bits per heavy atom. The molecule has 0 fully saturated rings. The second-order valence-electron chi connectivity index (χ2n) is 4.88. The highest BCUT2D eigenvalue weighted by Crippen LogP contribution is 2.22. The Labute approximate surface area is 111 Å². The van der Waals surface area contributed by atoms with Crippen molar-refractivity contribution in [3.8, 4) is 0 Å². The summed E-state index contributed by atoms with van der Waals surface area (Å²) in [5.74, 6) is 0. The monoisotopic (exact) mass is 261 g/mol. The molecule has 102 valence electrons. The van der Waals surface area contributed by atoms with E-state index in [1.807, 2.05) is 20.2 Å². The number of aromatic amines is 1. The van der Waals surface area contributed by atoms with Gasteiger partial charge in [-0.3, -0.25) is 4.79 Å². The van der Waals surface area contributed by atoms with E-state index < -0.39 is 0 Å². The molecular weight excluding hydrogens is 242 g/mol. The Bertz CT molecular complexity index is 634. The fraction of sp³-hybridized carbons (Fsp3) is 0.385. The first-order chi connectivity index (χ1) is 8.99. The largest absolute Gasteiger partial charge is 0.397 e. The summed E-state index contributed by atoms with van der Waals surface area (Å²) in [5.41, 5.74) is 7.78. The zero-order valence-electron chi connectivity index (χ0n) is 11.4. The van der Waals surface area contributed by atoms with E-state index in [2.05, 4.69) is 27.1 Å². The van der Waals surface area contributed by atoms with E-state index in [0.717, 1.165) is 12.2 Å². The third kappa shape index (κ3) is 2.85. The van der Waals surface area contributed by atoms with Crippen LogP contribution in [-0.2, 0) is 0 Å². The number of hydrogen-bond donors (Lipinski definition) is 3. The Hall–Kier alpha value is -2.08. The van der Waals surface area contributed by atoms with Crippen LogP contribution in [0.2, 0.25) is 0 Å². The predicted octanol–water partition coefficient (Wildman–Crippen LogP) is 0.867. The van der Waals surface area contributed by atoms with Crippen molar-refractivity contribution in [3.05, 3.63) is 28.8 Å². The van der Waals surface area contributed by atoms with E-state index in [1.165, 1.54) is 6.33 Å². The third-order valence-electron chi connectivity index (χ3n) is 3.28. The Kier molecular flexibility index (Phi) is 3.71. The maximum atomic E-state index is 11.6. The molecule has 1 aromatic heterocycles. The number of nitrogens with one attached hydrogen (secondary N) is 2. The Morgan fingerprint density at radius 2 is 2.21 bits per heavy atom. The van der Waals surface area contributed by atoms with Gasteiger partial charge in [-0.1, -0.05) is 0 Å². The summed E-state index contributed by atoms with van der Waals surface area (Å²) in [4.78, 5) is 20.4. The smallest absolute Gasteiger partial charge is 0.258 e. The van der Waals surface area contributed by atoms with Gasteiger partial charge in [0.15, 0.2) is 0 Å². The number of aromatic nitrogens is 2. The average Bonchev–Trinajstić information content (AvgIpc) is 2.37. The number of nitrogens with two attached hydrogens (primary N) is 1. The van der Waals surface area contributed by atoms with Crippen molar-refractivity contribution in [2.75, 3.05) is 31.7 Å². The summed E-state index contributed by atoms with van der Waals surface area (Å²) in [6.07, 6.45) is 1.40. The quantitative estimate of drug-likeness (QED) is 0.711. The van der Waals surface area contributed by atoms with Gasteiger partial charge in [0.2, 0.25) is 0 Å². The van der Waals surface area contributed by atoms with Crippen LogP contribution in [0.4, 0.5) is 11.4 Å². The minimum Gasteiger partial charge on any atom is -0.397 e. The van der Waals surface area contributed by atoms with Crippen LogP contribution in [0.1, 0.15) is 6.92 Å². The maximum Gasteiger partial charge on any atom is 0.258 e. The molecule has 1 heterocycles. The molecule has 0 radical (unpaired) electrons. The Morgan fingerprint density at radius 1 is 1.47 bits per heavy atom. The van der Waals surface area contributed by atoms with Crippen LogP contribution in [0, 0.1) is 0 Å². The molecule has 6 heteroatoms. The highest BCUT2D eigenvalue weighted by molar-refractivity contribution is 5.88. The van der Waals surface area contributed by atoms with Gasteiger partial charge in [-0.2, -0.15) is 0 Å². The Balaban J connectivity index is 2.29. The molecule has 0 amide bonds. The molecule has 0 aliphatic carbocycles. The van der Waals surface area contributed by atoms with Crippen LogP contribution in [0.3, 0.4) is 0 Å². The lowest BCUT2D eigenvalue weighted by Gasteiger charge is -2.21. The van der Waals surface area contributed by atoms with Gasteiger partial charge in [-0.25, -0.2) is 4.98 Å². The molecule has 19 heavy (non-hydrogen) atoms. The summed E-state index contributed by atoms with van der Waals surface area (Å²) in [6, 6.07) is 3.84. The van der Waals surface area contributed by atoms with Crippen LogP contribution in [0.5, 0.6) is 0 Å². The van der Waals surface area contributed by atoms with Gasteiger partial charge in [-0.15, -0.1) is 0 Å². The molecular formula is C13H19N5O. The normalized spacial score (nSPS) is 12.8. The second kappa shape index (κ2) is 5.27. The topological polar surface area (TPSA) is 87.0 Å². The van der Waals surface area contributed by atoms with E-state index >= 15 is 0 Å². The second-order valence-corrected chi connectivity index (χ2v) is 4.88. The van der Waals surface area contributed by atoms with Crippen LogP contribution in [0.25, 0.3) is 10.9 Å². The minimum absolute atomic E-state index is 0.176. The molecule has 0 aliphatic heterocycles. The zero-order chi connectivity index (χ0) is 14.0. The molecule has 2 rings (SSSR count). The summed E-state index contributed by atoms with van der Waals surface area (Å²) in [5, 5.41) is 3.79. The first-order valence-corrected chi connectivity index (χ1v) is 6.16. The molecule has 0 aliphatic rings. The molecule has 0 bridgehead atoms.